The zero-order valence-corrected chi connectivity index (χ0v) is 11.8. The molecule has 2 aromatic rings. The third kappa shape index (κ3) is 3.64. The lowest BCUT2D eigenvalue weighted by Gasteiger charge is -2.10. The number of nitrogens with zero attached hydrogens (tertiary/aromatic N) is 2. The summed E-state index contributed by atoms with van der Waals surface area (Å²) in [5.74, 6) is 0.708. The Hall–Kier alpha value is -2.22. The van der Waals surface area contributed by atoms with Crippen LogP contribution in [0.1, 0.15) is 0 Å². The van der Waals surface area contributed by atoms with E-state index in [-0.39, 0.29) is 12.4 Å². The van der Waals surface area contributed by atoms with Crippen molar-refractivity contribution < 1.29 is 13.2 Å². The first-order chi connectivity index (χ1) is 9.48. The maximum atomic E-state index is 11.9. The maximum Gasteiger partial charge on any atom is 0.237 e. The van der Waals surface area contributed by atoms with E-state index in [1.165, 1.54) is 10.9 Å². The van der Waals surface area contributed by atoms with Gasteiger partial charge in [-0.3, -0.25) is 9.40 Å². The lowest BCUT2D eigenvalue weighted by molar-refractivity contribution is 0.343. The number of nitrogen functional groups attached to an aromatic ring is 1. The van der Waals surface area contributed by atoms with E-state index in [1.54, 1.807) is 37.4 Å². The predicted octanol–water partition coefficient (Wildman–Crippen LogP) is 0.823. The first-order valence-corrected chi connectivity index (χ1v) is 7.59. The molecule has 1 aromatic carbocycles. The maximum absolute atomic E-state index is 11.9. The van der Waals surface area contributed by atoms with E-state index in [0.717, 1.165) is 0 Å². The number of sulfonamides is 1. The average Bonchev–Trinajstić information content (AvgIpc) is 2.77. The molecule has 7 nitrogen and oxygen atoms in total. The molecule has 2 rings (SSSR count). The van der Waals surface area contributed by atoms with Crippen molar-refractivity contribution in [3.8, 4) is 5.75 Å². The summed E-state index contributed by atoms with van der Waals surface area (Å²) in [6, 6.07) is 8.51. The summed E-state index contributed by atoms with van der Waals surface area (Å²) in [6.07, 6.45) is 1.51. The fourth-order valence-electron chi connectivity index (χ4n) is 1.56. The monoisotopic (exact) mass is 296 g/mol. The van der Waals surface area contributed by atoms with Gasteiger partial charge in [-0.05, 0) is 12.1 Å². The standard InChI is InChI=1S/C12H16N4O3S/c1-16-12(6-7-14-16)15-20(17,18)9-8-19-11-5-3-2-4-10(11)13/h2-7,15H,8-9,13H2,1H3. The van der Waals surface area contributed by atoms with E-state index in [2.05, 4.69) is 9.82 Å². The molecule has 1 heterocycles. The Kier molecular flexibility index (Phi) is 4.14. The lowest BCUT2D eigenvalue weighted by Crippen LogP contribution is -2.22. The van der Waals surface area contributed by atoms with Crippen molar-refractivity contribution in [2.75, 3.05) is 22.8 Å². The minimum absolute atomic E-state index is 0.0153. The molecule has 0 bridgehead atoms. The largest absolute Gasteiger partial charge is 0.490 e. The highest BCUT2D eigenvalue weighted by atomic mass is 32.2. The highest BCUT2D eigenvalue weighted by molar-refractivity contribution is 7.92. The van der Waals surface area contributed by atoms with Gasteiger partial charge in [0, 0.05) is 13.1 Å². The Morgan fingerprint density at radius 1 is 1.35 bits per heavy atom. The second kappa shape index (κ2) is 5.83. The predicted molar refractivity (Wildman–Crippen MR) is 77.0 cm³/mol. The van der Waals surface area contributed by atoms with E-state index < -0.39 is 10.0 Å². The summed E-state index contributed by atoms with van der Waals surface area (Å²) >= 11 is 0. The number of aromatic nitrogens is 2. The van der Waals surface area contributed by atoms with Gasteiger partial charge >= 0.3 is 0 Å². The molecule has 3 N–H and O–H groups in total. The number of nitrogens with one attached hydrogen (secondary N) is 1. The molecule has 0 aliphatic rings. The Labute approximate surface area is 117 Å². The molecular weight excluding hydrogens is 280 g/mol. The van der Waals surface area contributed by atoms with Gasteiger partial charge in [0.2, 0.25) is 10.0 Å². The Morgan fingerprint density at radius 2 is 2.10 bits per heavy atom. The highest BCUT2D eigenvalue weighted by Gasteiger charge is 2.13. The summed E-state index contributed by atoms with van der Waals surface area (Å²) in [5, 5.41) is 3.88. The smallest absolute Gasteiger partial charge is 0.237 e. The van der Waals surface area contributed by atoms with Crippen LogP contribution in [0.2, 0.25) is 0 Å². The molecular formula is C12H16N4O3S. The summed E-state index contributed by atoms with van der Waals surface area (Å²) in [7, 11) is -1.83. The van der Waals surface area contributed by atoms with E-state index >= 15 is 0 Å². The lowest BCUT2D eigenvalue weighted by atomic mass is 10.3. The van der Waals surface area contributed by atoms with Crippen LogP contribution in [-0.4, -0.2) is 30.6 Å². The molecule has 0 radical (unpaired) electrons. The van der Waals surface area contributed by atoms with Crippen LogP contribution in [0.25, 0.3) is 0 Å². The fraction of sp³-hybridized carbons (Fsp3) is 0.250. The highest BCUT2D eigenvalue weighted by Crippen LogP contribution is 2.19. The molecule has 0 saturated carbocycles. The van der Waals surface area contributed by atoms with Gasteiger partial charge in [-0.15, -0.1) is 0 Å². The molecule has 0 amide bonds. The minimum Gasteiger partial charge on any atom is -0.490 e. The molecule has 0 aliphatic carbocycles. The average molecular weight is 296 g/mol. The van der Waals surface area contributed by atoms with Gasteiger partial charge in [-0.25, -0.2) is 8.42 Å². The number of rotatable bonds is 6. The van der Waals surface area contributed by atoms with E-state index in [0.29, 0.717) is 17.3 Å². The molecule has 8 heteroatoms. The van der Waals surface area contributed by atoms with Crippen molar-refractivity contribution in [2.24, 2.45) is 7.05 Å². The number of anilines is 2. The van der Waals surface area contributed by atoms with Crippen LogP contribution in [0.5, 0.6) is 5.75 Å². The van der Waals surface area contributed by atoms with Gasteiger partial charge in [0.25, 0.3) is 0 Å². The van der Waals surface area contributed by atoms with Gasteiger partial charge in [0.15, 0.2) is 0 Å². The molecule has 0 atom stereocenters. The zero-order chi connectivity index (χ0) is 14.6. The quantitative estimate of drug-likeness (QED) is 0.769. The molecule has 0 saturated heterocycles. The number of hydrogen-bond acceptors (Lipinski definition) is 5. The first kappa shape index (κ1) is 14.2. The van der Waals surface area contributed by atoms with Crippen molar-refractivity contribution in [2.45, 2.75) is 0 Å². The van der Waals surface area contributed by atoms with E-state index in [4.69, 9.17) is 10.5 Å². The number of nitrogens with two attached hydrogens (primary N) is 1. The Bertz CT molecular complexity index is 682. The second-order valence-corrected chi connectivity index (χ2v) is 5.99. The molecule has 0 unspecified atom stereocenters. The zero-order valence-electron chi connectivity index (χ0n) is 11.0. The molecule has 0 spiro atoms. The van der Waals surface area contributed by atoms with Crippen molar-refractivity contribution in [1.82, 2.24) is 9.78 Å². The van der Waals surface area contributed by atoms with Crippen molar-refractivity contribution in [3.05, 3.63) is 36.5 Å². The summed E-state index contributed by atoms with van der Waals surface area (Å²) in [6.45, 7) is 0.0153. The number of ether oxygens (including phenoxy) is 1. The topological polar surface area (TPSA) is 99.2 Å². The molecule has 108 valence electrons. The first-order valence-electron chi connectivity index (χ1n) is 5.94. The number of benzene rings is 1. The minimum atomic E-state index is -3.49. The van der Waals surface area contributed by atoms with Crippen molar-refractivity contribution in [1.29, 1.82) is 0 Å². The van der Waals surface area contributed by atoms with Crippen LogP contribution >= 0.6 is 0 Å². The van der Waals surface area contributed by atoms with Crippen LogP contribution in [0.15, 0.2) is 36.5 Å². The number of hydrogen-bond donors (Lipinski definition) is 2. The van der Waals surface area contributed by atoms with E-state index in [1.807, 2.05) is 0 Å². The number of para-hydroxylation sites is 2. The van der Waals surface area contributed by atoms with Crippen LogP contribution < -0.4 is 15.2 Å². The second-order valence-electron chi connectivity index (χ2n) is 4.15. The normalized spacial score (nSPS) is 11.2. The van der Waals surface area contributed by atoms with Gasteiger partial charge < -0.3 is 10.5 Å². The molecule has 20 heavy (non-hydrogen) atoms. The fourth-order valence-corrected chi connectivity index (χ4v) is 2.48. The Morgan fingerprint density at radius 3 is 2.75 bits per heavy atom. The van der Waals surface area contributed by atoms with Crippen LogP contribution in [0.3, 0.4) is 0 Å². The summed E-state index contributed by atoms with van der Waals surface area (Å²) in [5.41, 5.74) is 6.17. The van der Waals surface area contributed by atoms with Crippen LogP contribution in [0.4, 0.5) is 11.5 Å². The van der Waals surface area contributed by atoms with E-state index in [9.17, 15) is 8.42 Å². The SMILES string of the molecule is Cn1nccc1NS(=O)(=O)CCOc1ccccc1N. The molecule has 0 fully saturated rings. The third-order valence-corrected chi connectivity index (χ3v) is 3.83. The summed E-state index contributed by atoms with van der Waals surface area (Å²) in [4.78, 5) is 0. The van der Waals surface area contributed by atoms with Crippen molar-refractivity contribution >= 4 is 21.5 Å². The van der Waals surface area contributed by atoms with Crippen molar-refractivity contribution in [3.63, 3.8) is 0 Å². The van der Waals surface area contributed by atoms with Gasteiger partial charge in [0.1, 0.15) is 23.9 Å². The van der Waals surface area contributed by atoms with Gasteiger partial charge in [-0.2, -0.15) is 5.10 Å². The van der Waals surface area contributed by atoms with Crippen LogP contribution in [0, 0.1) is 0 Å². The van der Waals surface area contributed by atoms with Gasteiger partial charge in [-0.1, -0.05) is 12.1 Å². The van der Waals surface area contributed by atoms with Gasteiger partial charge in [0.05, 0.1) is 11.9 Å². The Balaban J connectivity index is 1.90. The molecule has 0 aliphatic heterocycles. The van der Waals surface area contributed by atoms with Crippen LogP contribution in [-0.2, 0) is 17.1 Å². The molecule has 1 aromatic heterocycles. The number of aryl methyl sites for hydroxylation is 1. The third-order valence-electron chi connectivity index (χ3n) is 2.61. The summed E-state index contributed by atoms with van der Waals surface area (Å²) < 4.78 is 32.9.